The van der Waals surface area contributed by atoms with Crippen LogP contribution in [0.2, 0.25) is 10.0 Å². The highest BCUT2D eigenvalue weighted by atomic mass is 35.5. The molecule has 2 aliphatic rings. The minimum atomic E-state index is -0.762. The molecule has 0 bridgehead atoms. The third kappa shape index (κ3) is 7.89. The maximum Gasteiger partial charge on any atom is 0.223 e. The van der Waals surface area contributed by atoms with Gasteiger partial charge in [-0.25, -0.2) is 4.39 Å². The first-order valence-corrected chi connectivity index (χ1v) is 15.1. The van der Waals surface area contributed by atoms with Gasteiger partial charge in [0.25, 0.3) is 0 Å². The summed E-state index contributed by atoms with van der Waals surface area (Å²) in [6, 6.07) is 21.9. The number of halogens is 4. The van der Waals surface area contributed by atoms with Crippen LogP contribution in [0.25, 0.3) is 0 Å². The van der Waals surface area contributed by atoms with E-state index in [-0.39, 0.29) is 35.6 Å². The van der Waals surface area contributed by atoms with E-state index in [2.05, 4.69) is 22.3 Å². The normalized spacial score (nSPS) is 20.4. The number of hydrogen-bond acceptors (Lipinski definition) is 4. The van der Waals surface area contributed by atoms with E-state index >= 15 is 0 Å². The molecule has 3 aromatic carbocycles. The zero-order valence-electron chi connectivity index (χ0n) is 24.2. The lowest BCUT2D eigenvalue weighted by molar-refractivity contribution is -0.152. The molecule has 0 radical (unpaired) electrons. The summed E-state index contributed by atoms with van der Waals surface area (Å²) in [7, 11) is 0. The van der Waals surface area contributed by atoms with E-state index in [4.69, 9.17) is 27.9 Å². The Balaban J connectivity index is 0.00000423. The summed E-state index contributed by atoms with van der Waals surface area (Å²) in [5.74, 6) is -0.311. The number of rotatable bonds is 9. The maximum atomic E-state index is 13.5. The fraction of sp³-hybridized carbons (Fsp3) is 0.394. The van der Waals surface area contributed by atoms with E-state index in [0.29, 0.717) is 49.1 Å². The van der Waals surface area contributed by atoms with Gasteiger partial charge in [-0.3, -0.25) is 9.59 Å². The maximum absolute atomic E-state index is 13.5. The second kappa shape index (κ2) is 14.4. The molecule has 0 saturated carbocycles. The van der Waals surface area contributed by atoms with Crippen LogP contribution in [0.3, 0.4) is 0 Å². The first-order chi connectivity index (χ1) is 20.2. The van der Waals surface area contributed by atoms with Crippen LogP contribution in [0.1, 0.15) is 49.3 Å². The second-order valence-electron chi connectivity index (χ2n) is 11.3. The van der Waals surface area contributed by atoms with Crippen LogP contribution in [0.5, 0.6) is 0 Å². The van der Waals surface area contributed by atoms with E-state index in [1.54, 1.807) is 30.0 Å². The molecule has 230 valence electrons. The summed E-state index contributed by atoms with van der Waals surface area (Å²) < 4.78 is 20.2. The fourth-order valence-electron chi connectivity index (χ4n) is 6.22. The molecule has 2 amide bonds. The predicted octanol–water partition coefficient (Wildman–Crippen LogP) is 6.72. The molecule has 0 aromatic heterocycles. The number of amides is 2. The summed E-state index contributed by atoms with van der Waals surface area (Å²) in [6.45, 7) is 5.07. The highest BCUT2D eigenvalue weighted by molar-refractivity contribution is 6.42. The van der Waals surface area contributed by atoms with Crippen LogP contribution in [0.15, 0.2) is 72.8 Å². The number of piperidine rings is 2. The number of nitrogens with one attached hydrogen (secondary N) is 1. The van der Waals surface area contributed by atoms with E-state index < -0.39 is 5.60 Å². The van der Waals surface area contributed by atoms with Crippen molar-refractivity contribution in [1.29, 1.82) is 0 Å². The van der Waals surface area contributed by atoms with Gasteiger partial charge >= 0.3 is 0 Å². The molecule has 1 unspecified atom stereocenters. The highest BCUT2D eigenvalue weighted by Crippen LogP contribution is 2.39. The Morgan fingerprint density at radius 1 is 0.953 bits per heavy atom. The van der Waals surface area contributed by atoms with Gasteiger partial charge in [-0.05, 0) is 60.2 Å². The number of nitrogens with zero attached hydrogens (tertiary/aromatic N) is 2. The zero-order valence-corrected chi connectivity index (χ0v) is 26.5. The molecule has 43 heavy (non-hydrogen) atoms. The largest absolute Gasteiger partial charge is 0.367 e. The zero-order chi connectivity index (χ0) is 29.7. The molecular weight excluding hydrogens is 612 g/mol. The molecule has 10 heteroatoms. The first-order valence-electron chi connectivity index (χ1n) is 14.4. The average Bonchev–Trinajstić information content (AvgIpc) is 2.98. The Bertz CT molecular complexity index is 1400. The highest BCUT2D eigenvalue weighted by Gasteiger charge is 2.42. The molecule has 2 saturated heterocycles. The minimum absolute atomic E-state index is 0. The van der Waals surface area contributed by atoms with Crippen molar-refractivity contribution < 1.29 is 18.7 Å². The van der Waals surface area contributed by atoms with Crippen molar-refractivity contribution in [2.45, 2.75) is 50.3 Å². The lowest BCUT2D eigenvalue weighted by Crippen LogP contribution is -2.53. The molecule has 0 spiro atoms. The Labute approximate surface area is 268 Å². The van der Waals surface area contributed by atoms with Crippen LogP contribution >= 0.6 is 35.6 Å². The fourth-order valence-corrected chi connectivity index (χ4v) is 6.52. The minimum Gasteiger partial charge on any atom is -0.367 e. The Morgan fingerprint density at radius 2 is 1.65 bits per heavy atom. The number of benzene rings is 3. The lowest BCUT2D eigenvalue weighted by Gasteiger charge is -2.44. The summed E-state index contributed by atoms with van der Waals surface area (Å²) in [4.78, 5) is 29.2. The summed E-state index contributed by atoms with van der Waals surface area (Å²) >= 11 is 12.7. The molecule has 2 heterocycles. The number of hydrogen-bond donors (Lipinski definition) is 1. The topological polar surface area (TPSA) is 61.9 Å². The molecule has 6 nitrogen and oxygen atoms in total. The van der Waals surface area contributed by atoms with E-state index in [9.17, 15) is 14.0 Å². The van der Waals surface area contributed by atoms with Gasteiger partial charge in [-0.2, -0.15) is 0 Å². The number of ether oxygens (including phenoxy) is 1. The van der Waals surface area contributed by atoms with Gasteiger partial charge in [0.1, 0.15) is 11.4 Å². The molecule has 0 aliphatic carbocycles. The van der Waals surface area contributed by atoms with Crippen LogP contribution in [0, 0.1) is 5.82 Å². The summed E-state index contributed by atoms with van der Waals surface area (Å²) in [5.41, 5.74) is 1.71. The Morgan fingerprint density at radius 3 is 2.30 bits per heavy atom. The van der Waals surface area contributed by atoms with Gasteiger partial charge in [-0.1, -0.05) is 71.7 Å². The number of carbonyl (C=O) groups excluding carboxylic acids is 2. The smallest absolute Gasteiger partial charge is 0.223 e. The van der Waals surface area contributed by atoms with Crippen LogP contribution in [-0.4, -0.2) is 54.4 Å². The van der Waals surface area contributed by atoms with Crippen molar-refractivity contribution in [3.8, 4) is 0 Å². The van der Waals surface area contributed by atoms with E-state index in [0.717, 1.165) is 42.6 Å². The molecule has 2 aliphatic heterocycles. The van der Waals surface area contributed by atoms with Crippen molar-refractivity contribution in [3.63, 3.8) is 0 Å². The van der Waals surface area contributed by atoms with Crippen LogP contribution in [0.4, 0.5) is 4.39 Å². The monoisotopic (exact) mass is 647 g/mol. The predicted molar refractivity (Wildman–Crippen MR) is 170 cm³/mol. The van der Waals surface area contributed by atoms with Crippen molar-refractivity contribution >= 4 is 47.4 Å². The second-order valence-corrected chi connectivity index (χ2v) is 12.1. The Kier molecular flexibility index (Phi) is 11.1. The lowest BCUT2D eigenvalue weighted by atomic mass is 9.80. The third-order valence-electron chi connectivity index (χ3n) is 8.51. The van der Waals surface area contributed by atoms with E-state index in [1.807, 2.05) is 30.3 Å². The molecular formula is C33H37Cl3FN3O3. The van der Waals surface area contributed by atoms with Crippen molar-refractivity contribution in [1.82, 2.24) is 15.1 Å². The Hall–Kier alpha value is -2.68. The summed E-state index contributed by atoms with van der Waals surface area (Å²) in [5, 5.41) is 4.12. The summed E-state index contributed by atoms with van der Waals surface area (Å²) in [6.07, 6.45) is 2.44. The molecule has 2 fully saturated rings. The van der Waals surface area contributed by atoms with Crippen molar-refractivity contribution in [2.24, 2.45) is 0 Å². The van der Waals surface area contributed by atoms with Gasteiger partial charge < -0.3 is 19.9 Å². The van der Waals surface area contributed by atoms with E-state index in [1.165, 1.54) is 12.1 Å². The first kappa shape index (κ1) is 33.2. The number of likely N-dealkylation sites (tertiary alicyclic amines) is 2. The molecule has 5 rings (SSSR count). The van der Waals surface area contributed by atoms with Gasteiger partial charge in [-0.15, -0.1) is 12.4 Å². The molecule has 1 atom stereocenters. The van der Waals surface area contributed by atoms with Gasteiger partial charge in [0, 0.05) is 39.5 Å². The quantitative estimate of drug-likeness (QED) is 0.280. The average molecular weight is 649 g/mol. The van der Waals surface area contributed by atoms with Crippen molar-refractivity contribution in [3.05, 3.63) is 105 Å². The molecule has 3 aromatic rings. The standard InChI is InChI=1S/C33H36Cl2FN3O3.ClH/c1-24(40)37-32(26-5-3-2-4-6-26)15-17-38(18-16-32)19-20-42-33(27-9-12-29(34)30(35)21-27)14-13-31(41)39(23-33)22-25-7-10-28(36)11-8-25;/h2-12,21H,13-20,22-23H2,1H3,(H,37,40);1H. The SMILES string of the molecule is CC(=O)NC1(c2ccccc2)CCN(CCOC2(c3ccc(Cl)c(Cl)c3)CCC(=O)N(Cc3ccc(F)cc3)C2)CC1.Cl. The number of carbonyl (C=O) groups is 2. The van der Waals surface area contributed by atoms with Gasteiger partial charge in [0.05, 0.1) is 28.7 Å². The van der Waals surface area contributed by atoms with Crippen LogP contribution in [-0.2, 0) is 32.0 Å². The van der Waals surface area contributed by atoms with Crippen molar-refractivity contribution in [2.75, 3.05) is 32.8 Å². The van der Waals surface area contributed by atoms with Crippen LogP contribution < -0.4 is 5.32 Å². The molecule has 1 N–H and O–H groups in total. The third-order valence-corrected chi connectivity index (χ3v) is 9.25. The van der Waals surface area contributed by atoms with Gasteiger partial charge in [0.15, 0.2) is 0 Å². The van der Waals surface area contributed by atoms with Gasteiger partial charge in [0.2, 0.25) is 11.8 Å².